The zero-order chi connectivity index (χ0) is 16.0. The fourth-order valence-corrected chi connectivity index (χ4v) is 5.64. The van der Waals surface area contributed by atoms with Crippen molar-refractivity contribution in [2.24, 2.45) is 17.8 Å². The minimum Gasteiger partial charge on any atom is -0.506 e. The zero-order valence-corrected chi connectivity index (χ0v) is 13.6. The number of phenols is 1. The first kappa shape index (κ1) is 14.9. The Balaban J connectivity index is 1.36. The van der Waals surface area contributed by atoms with E-state index in [0.717, 1.165) is 23.3 Å². The predicted molar refractivity (Wildman–Crippen MR) is 89.9 cm³/mol. The number of hydrogen-bond acceptors (Lipinski definition) is 3. The highest BCUT2D eigenvalue weighted by Gasteiger charge is 2.51. The summed E-state index contributed by atoms with van der Waals surface area (Å²) >= 11 is 0. The van der Waals surface area contributed by atoms with Crippen LogP contribution in [-0.2, 0) is 11.2 Å². The van der Waals surface area contributed by atoms with E-state index >= 15 is 0 Å². The lowest BCUT2D eigenvalue weighted by molar-refractivity contribution is -0.126. The van der Waals surface area contributed by atoms with Crippen molar-refractivity contribution in [2.45, 2.75) is 56.9 Å². The Morgan fingerprint density at radius 1 is 1.17 bits per heavy atom. The van der Waals surface area contributed by atoms with Gasteiger partial charge in [-0.2, -0.15) is 0 Å². The summed E-state index contributed by atoms with van der Waals surface area (Å²) in [6.45, 7) is 0. The molecule has 4 saturated carbocycles. The van der Waals surface area contributed by atoms with E-state index in [4.69, 9.17) is 5.73 Å². The lowest BCUT2D eigenvalue weighted by Crippen LogP contribution is -2.59. The van der Waals surface area contributed by atoms with E-state index in [9.17, 15) is 9.90 Å². The van der Waals surface area contributed by atoms with E-state index in [2.05, 4.69) is 5.32 Å². The number of nitrogens with one attached hydrogen (secondary N) is 1. The van der Waals surface area contributed by atoms with Crippen molar-refractivity contribution in [3.63, 3.8) is 0 Å². The molecule has 0 aliphatic heterocycles. The number of rotatable bonds is 4. The number of aryl methyl sites for hydroxylation is 1. The van der Waals surface area contributed by atoms with E-state index in [0.29, 0.717) is 18.5 Å². The van der Waals surface area contributed by atoms with E-state index in [1.54, 1.807) is 12.1 Å². The fraction of sp³-hybridized carbons (Fsp3) is 0.632. The maximum Gasteiger partial charge on any atom is 0.220 e. The van der Waals surface area contributed by atoms with Gasteiger partial charge in [0.15, 0.2) is 0 Å². The molecular weight excluding hydrogens is 288 g/mol. The second-order valence-electron chi connectivity index (χ2n) is 8.14. The van der Waals surface area contributed by atoms with Crippen molar-refractivity contribution in [1.82, 2.24) is 5.32 Å². The number of hydrogen-bond donors (Lipinski definition) is 3. The van der Waals surface area contributed by atoms with Gasteiger partial charge in [-0.15, -0.1) is 0 Å². The van der Waals surface area contributed by atoms with Gasteiger partial charge in [0.1, 0.15) is 5.75 Å². The normalized spacial score (nSPS) is 34.5. The first-order valence-corrected chi connectivity index (χ1v) is 8.90. The molecule has 0 heterocycles. The first-order valence-electron chi connectivity index (χ1n) is 8.90. The molecule has 4 nitrogen and oxygen atoms in total. The van der Waals surface area contributed by atoms with Crippen LogP contribution in [0.3, 0.4) is 0 Å². The van der Waals surface area contributed by atoms with Gasteiger partial charge in [-0.25, -0.2) is 0 Å². The molecule has 1 amide bonds. The minimum atomic E-state index is 0.0970. The summed E-state index contributed by atoms with van der Waals surface area (Å²) in [5, 5.41) is 12.9. The van der Waals surface area contributed by atoms with Crippen LogP contribution < -0.4 is 11.1 Å². The van der Waals surface area contributed by atoms with Crippen molar-refractivity contribution >= 4 is 11.6 Å². The number of nitrogen functional groups attached to an aromatic ring is 1. The summed E-state index contributed by atoms with van der Waals surface area (Å²) in [5.74, 6) is 2.81. The van der Waals surface area contributed by atoms with Gasteiger partial charge in [0.2, 0.25) is 5.91 Å². The molecule has 0 saturated heterocycles. The third-order valence-electron chi connectivity index (χ3n) is 6.18. The molecule has 0 unspecified atom stereocenters. The molecule has 0 atom stereocenters. The van der Waals surface area contributed by atoms with Crippen molar-refractivity contribution in [2.75, 3.05) is 5.73 Å². The van der Waals surface area contributed by atoms with Gasteiger partial charge in [0.05, 0.1) is 5.69 Å². The maximum absolute atomic E-state index is 12.5. The second-order valence-corrected chi connectivity index (χ2v) is 8.14. The van der Waals surface area contributed by atoms with E-state index in [-0.39, 0.29) is 17.2 Å². The summed E-state index contributed by atoms with van der Waals surface area (Å²) in [7, 11) is 0. The highest BCUT2D eigenvalue weighted by molar-refractivity contribution is 5.77. The monoisotopic (exact) mass is 314 g/mol. The molecule has 4 fully saturated rings. The molecule has 0 aromatic heterocycles. The SMILES string of the molecule is Nc1cc(CCC(=O)NC23CC4CC(CC(C4)C2)C3)ccc1O. The lowest BCUT2D eigenvalue weighted by Gasteiger charge is -2.56. The first-order chi connectivity index (χ1) is 11.0. The van der Waals surface area contributed by atoms with Crippen LogP contribution in [0.15, 0.2) is 18.2 Å². The van der Waals surface area contributed by atoms with Crippen LogP contribution in [-0.4, -0.2) is 16.6 Å². The largest absolute Gasteiger partial charge is 0.506 e. The number of aromatic hydroxyl groups is 1. The van der Waals surface area contributed by atoms with Gasteiger partial charge < -0.3 is 16.2 Å². The number of anilines is 1. The topological polar surface area (TPSA) is 75.4 Å². The van der Waals surface area contributed by atoms with Crippen molar-refractivity contribution in [3.05, 3.63) is 23.8 Å². The van der Waals surface area contributed by atoms with Gasteiger partial charge in [-0.05, 0) is 80.4 Å². The molecule has 0 radical (unpaired) electrons. The molecule has 1 aromatic rings. The Morgan fingerprint density at radius 2 is 1.78 bits per heavy atom. The molecule has 4 N–H and O–H groups in total. The molecule has 4 bridgehead atoms. The Bertz CT molecular complexity index is 591. The molecule has 5 rings (SSSR count). The molecular formula is C19H26N2O2. The van der Waals surface area contributed by atoms with E-state index < -0.39 is 0 Å². The maximum atomic E-state index is 12.5. The number of carbonyl (C=O) groups is 1. The third-order valence-corrected chi connectivity index (χ3v) is 6.18. The van der Waals surface area contributed by atoms with Gasteiger partial charge in [0, 0.05) is 12.0 Å². The number of phenolic OH excluding ortho intramolecular Hbond substituents is 1. The zero-order valence-electron chi connectivity index (χ0n) is 13.6. The minimum absolute atomic E-state index is 0.0970. The standard InChI is InChI=1S/C19H26N2O2/c20-16-8-12(1-3-17(16)22)2-4-18(23)21-19-9-13-5-14(10-19)7-15(6-13)11-19/h1,3,8,13-15,22H,2,4-7,9-11,20H2,(H,21,23). The highest BCUT2D eigenvalue weighted by Crippen LogP contribution is 2.55. The number of amides is 1. The number of benzene rings is 1. The van der Waals surface area contributed by atoms with Crippen LogP contribution in [0.1, 0.15) is 50.5 Å². The van der Waals surface area contributed by atoms with Crippen LogP contribution in [0.25, 0.3) is 0 Å². The summed E-state index contributed by atoms with van der Waals surface area (Å²) in [6.07, 6.45) is 8.91. The Morgan fingerprint density at radius 3 is 2.35 bits per heavy atom. The number of nitrogens with two attached hydrogens (primary N) is 1. The smallest absolute Gasteiger partial charge is 0.220 e. The highest BCUT2D eigenvalue weighted by atomic mass is 16.3. The molecule has 0 spiro atoms. The second kappa shape index (κ2) is 5.43. The van der Waals surface area contributed by atoms with Gasteiger partial charge in [0.25, 0.3) is 0 Å². The molecule has 23 heavy (non-hydrogen) atoms. The van der Waals surface area contributed by atoms with Gasteiger partial charge in [-0.1, -0.05) is 6.07 Å². The number of carbonyl (C=O) groups excluding carboxylic acids is 1. The van der Waals surface area contributed by atoms with Crippen LogP contribution in [0.5, 0.6) is 5.75 Å². The average molecular weight is 314 g/mol. The van der Waals surface area contributed by atoms with E-state index in [1.165, 1.54) is 38.5 Å². The Hall–Kier alpha value is -1.71. The average Bonchev–Trinajstić information content (AvgIpc) is 2.46. The van der Waals surface area contributed by atoms with E-state index in [1.807, 2.05) is 6.07 Å². The van der Waals surface area contributed by atoms with Crippen LogP contribution in [0.2, 0.25) is 0 Å². The van der Waals surface area contributed by atoms with Gasteiger partial charge in [-0.3, -0.25) is 4.79 Å². The summed E-state index contributed by atoms with van der Waals surface area (Å²) in [4.78, 5) is 12.5. The van der Waals surface area contributed by atoms with Crippen molar-refractivity contribution in [3.8, 4) is 5.75 Å². The van der Waals surface area contributed by atoms with Crippen LogP contribution in [0, 0.1) is 17.8 Å². The fourth-order valence-electron chi connectivity index (χ4n) is 5.64. The van der Waals surface area contributed by atoms with Crippen LogP contribution in [0.4, 0.5) is 5.69 Å². The summed E-state index contributed by atoms with van der Waals surface area (Å²) in [5.41, 5.74) is 7.19. The molecule has 4 aliphatic carbocycles. The molecule has 4 heteroatoms. The molecule has 4 aliphatic rings. The van der Waals surface area contributed by atoms with Crippen molar-refractivity contribution < 1.29 is 9.90 Å². The van der Waals surface area contributed by atoms with Crippen molar-refractivity contribution in [1.29, 1.82) is 0 Å². The third kappa shape index (κ3) is 2.91. The molecule has 124 valence electrons. The Kier molecular flexibility index (Phi) is 3.51. The van der Waals surface area contributed by atoms with Gasteiger partial charge >= 0.3 is 0 Å². The Labute approximate surface area is 137 Å². The van der Waals surface area contributed by atoms with Crippen LogP contribution >= 0.6 is 0 Å². The lowest BCUT2D eigenvalue weighted by atomic mass is 9.53. The quantitative estimate of drug-likeness (QED) is 0.591. The summed E-state index contributed by atoms with van der Waals surface area (Å²) < 4.78 is 0. The molecule has 1 aromatic carbocycles. The summed E-state index contributed by atoms with van der Waals surface area (Å²) in [6, 6.07) is 5.19. The predicted octanol–water partition coefficient (Wildman–Crippen LogP) is 2.99.